The summed E-state index contributed by atoms with van der Waals surface area (Å²) in [6.45, 7) is 0.644. The third-order valence-corrected chi connectivity index (χ3v) is 4.21. The molecule has 0 radical (unpaired) electrons. The van der Waals surface area contributed by atoms with Gasteiger partial charge < -0.3 is 5.73 Å². The number of halogens is 1. The largest absolute Gasteiger partial charge is 0.398 e. The third-order valence-electron chi connectivity index (χ3n) is 4.21. The number of anilines is 1. The minimum absolute atomic E-state index is 0.251. The fourth-order valence-electron chi connectivity index (χ4n) is 2.87. The molecule has 0 aliphatic heterocycles. The van der Waals surface area contributed by atoms with E-state index in [2.05, 4.69) is 10.1 Å². The van der Waals surface area contributed by atoms with Crippen LogP contribution in [0.2, 0.25) is 0 Å². The van der Waals surface area contributed by atoms with Crippen molar-refractivity contribution in [3.05, 3.63) is 90.6 Å². The monoisotopic (exact) mass is 344 g/mol. The highest BCUT2D eigenvalue weighted by atomic mass is 19.1. The highest BCUT2D eigenvalue weighted by Gasteiger charge is 2.09. The molecule has 2 aromatic heterocycles. The van der Waals surface area contributed by atoms with E-state index in [1.54, 1.807) is 18.3 Å². The van der Waals surface area contributed by atoms with Crippen LogP contribution in [0.25, 0.3) is 22.4 Å². The molecular weight excluding hydrogens is 327 g/mol. The highest BCUT2D eigenvalue weighted by Crippen LogP contribution is 2.30. The van der Waals surface area contributed by atoms with Gasteiger partial charge in [-0.25, -0.2) is 4.39 Å². The predicted molar refractivity (Wildman–Crippen MR) is 101 cm³/mol. The summed E-state index contributed by atoms with van der Waals surface area (Å²) in [5.41, 5.74) is 11.5. The van der Waals surface area contributed by atoms with Crippen LogP contribution in [0.4, 0.5) is 10.1 Å². The maximum absolute atomic E-state index is 13.2. The van der Waals surface area contributed by atoms with E-state index in [9.17, 15) is 4.39 Å². The van der Waals surface area contributed by atoms with Gasteiger partial charge in [0.25, 0.3) is 0 Å². The molecule has 0 fully saturated rings. The number of hydrogen-bond acceptors (Lipinski definition) is 3. The zero-order valence-corrected chi connectivity index (χ0v) is 14.0. The number of pyridine rings is 1. The number of nitrogens with zero attached hydrogens (tertiary/aromatic N) is 3. The Morgan fingerprint density at radius 3 is 2.54 bits per heavy atom. The molecule has 0 atom stereocenters. The Morgan fingerprint density at radius 1 is 0.962 bits per heavy atom. The van der Waals surface area contributed by atoms with Crippen molar-refractivity contribution < 1.29 is 4.39 Å². The molecule has 0 unspecified atom stereocenters. The van der Waals surface area contributed by atoms with Crippen LogP contribution < -0.4 is 5.73 Å². The smallest absolute Gasteiger partial charge is 0.123 e. The molecule has 2 heterocycles. The second kappa shape index (κ2) is 6.80. The van der Waals surface area contributed by atoms with Gasteiger partial charge in [0.05, 0.1) is 12.2 Å². The molecule has 4 nitrogen and oxygen atoms in total. The number of aromatic nitrogens is 3. The number of rotatable bonds is 4. The van der Waals surface area contributed by atoms with E-state index in [1.807, 2.05) is 53.5 Å². The molecule has 26 heavy (non-hydrogen) atoms. The van der Waals surface area contributed by atoms with Crippen LogP contribution in [0.15, 0.2) is 79.3 Å². The van der Waals surface area contributed by atoms with Gasteiger partial charge >= 0.3 is 0 Å². The molecule has 4 aromatic rings. The summed E-state index contributed by atoms with van der Waals surface area (Å²) in [5, 5.41) is 4.63. The summed E-state index contributed by atoms with van der Waals surface area (Å²) in [6.07, 6.45) is 5.50. The van der Waals surface area contributed by atoms with Crippen molar-refractivity contribution in [2.75, 3.05) is 5.73 Å². The van der Waals surface area contributed by atoms with E-state index < -0.39 is 0 Å². The Kier molecular flexibility index (Phi) is 4.19. The quantitative estimate of drug-likeness (QED) is 0.559. The molecule has 0 aliphatic carbocycles. The van der Waals surface area contributed by atoms with E-state index in [0.717, 1.165) is 27.9 Å². The molecule has 0 spiro atoms. The van der Waals surface area contributed by atoms with Crippen LogP contribution in [0, 0.1) is 5.82 Å². The lowest BCUT2D eigenvalue weighted by Crippen LogP contribution is -2.01. The van der Waals surface area contributed by atoms with Gasteiger partial charge in [0.2, 0.25) is 0 Å². The fourth-order valence-corrected chi connectivity index (χ4v) is 2.87. The van der Waals surface area contributed by atoms with Gasteiger partial charge in [-0.05, 0) is 53.1 Å². The SMILES string of the molecule is Nc1ccc(-c2ccc(F)cc2)cc1-c1ccn(Cc2cccnc2)n1. The number of benzene rings is 2. The van der Waals surface area contributed by atoms with Crippen LogP contribution in [-0.4, -0.2) is 14.8 Å². The topological polar surface area (TPSA) is 56.7 Å². The lowest BCUT2D eigenvalue weighted by atomic mass is 10.0. The maximum Gasteiger partial charge on any atom is 0.123 e. The van der Waals surface area contributed by atoms with Crippen LogP contribution in [0.3, 0.4) is 0 Å². The molecule has 5 heteroatoms. The van der Waals surface area contributed by atoms with Crippen molar-refractivity contribution in [2.24, 2.45) is 0 Å². The van der Waals surface area contributed by atoms with Gasteiger partial charge in [-0.1, -0.05) is 24.3 Å². The van der Waals surface area contributed by atoms with Gasteiger partial charge in [-0.15, -0.1) is 0 Å². The van der Waals surface area contributed by atoms with Crippen LogP contribution in [0.5, 0.6) is 0 Å². The van der Waals surface area contributed by atoms with Gasteiger partial charge in [-0.2, -0.15) is 5.10 Å². The summed E-state index contributed by atoms with van der Waals surface area (Å²) in [6, 6.07) is 18.0. The molecule has 128 valence electrons. The second-order valence-corrected chi connectivity index (χ2v) is 6.07. The maximum atomic E-state index is 13.2. The van der Waals surface area contributed by atoms with Crippen molar-refractivity contribution in [1.29, 1.82) is 0 Å². The predicted octanol–water partition coefficient (Wildman–Crippen LogP) is 4.38. The van der Waals surface area contributed by atoms with E-state index in [-0.39, 0.29) is 5.82 Å². The Labute approximate surface area is 150 Å². The molecule has 0 saturated heterocycles. The Bertz CT molecular complexity index is 1020. The molecule has 0 bridgehead atoms. The average molecular weight is 344 g/mol. The van der Waals surface area contributed by atoms with Gasteiger partial charge in [0.15, 0.2) is 0 Å². The van der Waals surface area contributed by atoms with Gasteiger partial charge in [0.1, 0.15) is 5.82 Å². The lowest BCUT2D eigenvalue weighted by Gasteiger charge is -2.08. The standard InChI is InChI=1S/C21H17FN4/c22-18-6-3-16(4-7-18)17-5-8-20(23)19(12-17)21-9-11-26(25-21)14-15-2-1-10-24-13-15/h1-13H,14,23H2. The minimum atomic E-state index is -0.251. The zero-order valence-electron chi connectivity index (χ0n) is 14.0. The molecule has 4 rings (SSSR count). The van der Waals surface area contributed by atoms with E-state index in [4.69, 9.17) is 5.73 Å². The Balaban J connectivity index is 1.65. The van der Waals surface area contributed by atoms with Crippen LogP contribution in [0.1, 0.15) is 5.56 Å². The number of nitrogens with two attached hydrogens (primary N) is 1. The third kappa shape index (κ3) is 3.32. The summed E-state index contributed by atoms with van der Waals surface area (Å²) in [5.74, 6) is -0.251. The first-order valence-corrected chi connectivity index (χ1v) is 8.27. The van der Waals surface area contributed by atoms with Crippen molar-refractivity contribution >= 4 is 5.69 Å². The fraction of sp³-hybridized carbons (Fsp3) is 0.0476. The summed E-state index contributed by atoms with van der Waals surface area (Å²) in [4.78, 5) is 4.12. The van der Waals surface area contributed by atoms with Crippen LogP contribution >= 0.6 is 0 Å². The van der Waals surface area contributed by atoms with E-state index in [0.29, 0.717) is 12.2 Å². The molecule has 0 amide bonds. The summed E-state index contributed by atoms with van der Waals surface area (Å²) >= 11 is 0. The summed E-state index contributed by atoms with van der Waals surface area (Å²) < 4.78 is 15.0. The highest BCUT2D eigenvalue weighted by molar-refractivity contribution is 5.80. The second-order valence-electron chi connectivity index (χ2n) is 6.07. The number of hydrogen-bond donors (Lipinski definition) is 1. The molecule has 0 saturated carbocycles. The first kappa shape index (κ1) is 16.0. The van der Waals surface area contributed by atoms with Crippen molar-refractivity contribution in [2.45, 2.75) is 6.54 Å². The van der Waals surface area contributed by atoms with E-state index in [1.165, 1.54) is 12.1 Å². The average Bonchev–Trinajstić information content (AvgIpc) is 3.12. The molecule has 0 aliphatic rings. The first-order chi connectivity index (χ1) is 12.7. The Hall–Kier alpha value is -3.47. The molecular formula is C21H17FN4. The Morgan fingerprint density at radius 2 is 1.77 bits per heavy atom. The summed E-state index contributed by atoms with van der Waals surface area (Å²) in [7, 11) is 0. The van der Waals surface area contributed by atoms with Gasteiger partial charge in [0, 0.05) is 29.8 Å². The lowest BCUT2D eigenvalue weighted by molar-refractivity contribution is 0.628. The van der Waals surface area contributed by atoms with Crippen molar-refractivity contribution in [1.82, 2.24) is 14.8 Å². The molecule has 2 N–H and O–H groups in total. The van der Waals surface area contributed by atoms with Gasteiger partial charge in [-0.3, -0.25) is 9.67 Å². The first-order valence-electron chi connectivity index (χ1n) is 8.27. The number of nitrogen functional groups attached to an aromatic ring is 1. The van der Waals surface area contributed by atoms with Crippen LogP contribution in [-0.2, 0) is 6.54 Å². The van der Waals surface area contributed by atoms with Crippen molar-refractivity contribution in [3.8, 4) is 22.4 Å². The minimum Gasteiger partial charge on any atom is -0.398 e. The van der Waals surface area contributed by atoms with E-state index >= 15 is 0 Å². The zero-order chi connectivity index (χ0) is 17.9. The molecule has 2 aromatic carbocycles. The van der Waals surface area contributed by atoms with Crippen molar-refractivity contribution in [3.63, 3.8) is 0 Å². The normalized spacial score (nSPS) is 10.8.